The quantitative estimate of drug-likeness (QED) is 0.831. The number of carbonyl (C=O) groups excluding carboxylic acids is 2. The number of nitrogens with zero attached hydrogens (tertiary/aromatic N) is 2. The van der Waals surface area contributed by atoms with Gasteiger partial charge in [-0.1, -0.05) is 29.8 Å². The van der Waals surface area contributed by atoms with Crippen molar-refractivity contribution in [2.75, 3.05) is 26.1 Å². The maximum Gasteiger partial charge on any atom is 0.227 e. The fourth-order valence-electron chi connectivity index (χ4n) is 3.67. The van der Waals surface area contributed by atoms with Crippen LogP contribution in [0.1, 0.15) is 30.0 Å². The SMILES string of the molecule is COc1ccc(C2C(C(=O)N(C)C)CCC(=O)N2c2ccc(C)cc2)cc1. The van der Waals surface area contributed by atoms with Crippen LogP contribution in [0.3, 0.4) is 0 Å². The zero-order valence-corrected chi connectivity index (χ0v) is 16.3. The lowest BCUT2D eigenvalue weighted by Crippen LogP contribution is -2.48. The molecule has 1 aliphatic heterocycles. The van der Waals surface area contributed by atoms with Crippen LogP contribution in [0.5, 0.6) is 5.75 Å². The molecule has 1 heterocycles. The Bertz CT molecular complexity index is 812. The number of ether oxygens (including phenoxy) is 1. The van der Waals surface area contributed by atoms with Crippen molar-refractivity contribution < 1.29 is 14.3 Å². The van der Waals surface area contributed by atoms with Gasteiger partial charge in [0.05, 0.1) is 19.1 Å². The van der Waals surface area contributed by atoms with E-state index in [9.17, 15) is 9.59 Å². The summed E-state index contributed by atoms with van der Waals surface area (Å²) in [5.74, 6) is 0.550. The van der Waals surface area contributed by atoms with Crippen LogP contribution in [0.2, 0.25) is 0 Å². The Balaban J connectivity index is 2.09. The summed E-state index contributed by atoms with van der Waals surface area (Å²) in [4.78, 5) is 29.2. The average molecular weight is 366 g/mol. The number of aryl methyl sites for hydroxylation is 1. The monoisotopic (exact) mass is 366 g/mol. The summed E-state index contributed by atoms with van der Waals surface area (Å²) in [5, 5.41) is 0. The molecule has 27 heavy (non-hydrogen) atoms. The summed E-state index contributed by atoms with van der Waals surface area (Å²) >= 11 is 0. The van der Waals surface area contributed by atoms with E-state index in [4.69, 9.17) is 4.74 Å². The lowest BCUT2D eigenvalue weighted by molar-refractivity contribution is -0.136. The molecule has 5 heteroatoms. The lowest BCUT2D eigenvalue weighted by atomic mass is 9.83. The van der Waals surface area contributed by atoms with Crippen molar-refractivity contribution in [3.63, 3.8) is 0 Å². The van der Waals surface area contributed by atoms with Gasteiger partial charge in [-0.05, 0) is 43.2 Å². The normalized spacial score (nSPS) is 19.7. The molecule has 0 N–H and O–H groups in total. The fraction of sp³-hybridized carbons (Fsp3) is 0.364. The molecule has 0 saturated carbocycles. The van der Waals surface area contributed by atoms with Crippen LogP contribution in [0.25, 0.3) is 0 Å². The molecule has 1 aliphatic rings. The predicted octanol–water partition coefficient (Wildman–Crippen LogP) is 3.58. The van der Waals surface area contributed by atoms with E-state index in [0.29, 0.717) is 12.8 Å². The zero-order valence-electron chi connectivity index (χ0n) is 16.3. The summed E-state index contributed by atoms with van der Waals surface area (Å²) < 4.78 is 5.26. The first-order valence-corrected chi connectivity index (χ1v) is 9.16. The zero-order chi connectivity index (χ0) is 19.6. The van der Waals surface area contributed by atoms with Crippen LogP contribution in [-0.4, -0.2) is 37.9 Å². The molecular weight excluding hydrogens is 340 g/mol. The molecule has 1 saturated heterocycles. The largest absolute Gasteiger partial charge is 0.497 e. The second-order valence-electron chi connectivity index (χ2n) is 7.20. The van der Waals surface area contributed by atoms with Crippen molar-refractivity contribution >= 4 is 17.5 Å². The first kappa shape index (κ1) is 19.0. The third kappa shape index (κ3) is 3.82. The fourth-order valence-corrected chi connectivity index (χ4v) is 3.67. The number of piperidine rings is 1. The number of hydrogen-bond donors (Lipinski definition) is 0. The molecule has 2 atom stereocenters. The first-order chi connectivity index (χ1) is 12.9. The van der Waals surface area contributed by atoms with Crippen LogP contribution in [-0.2, 0) is 9.59 Å². The molecule has 0 aliphatic carbocycles. The van der Waals surface area contributed by atoms with Crippen molar-refractivity contribution in [1.82, 2.24) is 4.90 Å². The number of methoxy groups -OCH3 is 1. The Labute approximate surface area is 160 Å². The Kier molecular flexibility index (Phi) is 5.49. The Morgan fingerprint density at radius 3 is 2.26 bits per heavy atom. The van der Waals surface area contributed by atoms with Crippen LogP contribution in [0.4, 0.5) is 5.69 Å². The third-order valence-electron chi connectivity index (χ3n) is 5.12. The molecular formula is C22H26N2O3. The summed E-state index contributed by atoms with van der Waals surface area (Å²) in [6, 6.07) is 15.2. The van der Waals surface area contributed by atoms with Gasteiger partial charge in [0.2, 0.25) is 11.8 Å². The highest BCUT2D eigenvalue weighted by Gasteiger charge is 2.41. The van der Waals surface area contributed by atoms with Crippen molar-refractivity contribution in [1.29, 1.82) is 0 Å². The Hall–Kier alpha value is -2.82. The van der Waals surface area contributed by atoms with Crippen LogP contribution in [0.15, 0.2) is 48.5 Å². The number of amides is 2. The van der Waals surface area contributed by atoms with Gasteiger partial charge in [-0.25, -0.2) is 0 Å². The molecule has 5 nitrogen and oxygen atoms in total. The van der Waals surface area contributed by atoms with E-state index >= 15 is 0 Å². The summed E-state index contributed by atoms with van der Waals surface area (Å²) in [6.45, 7) is 2.02. The van der Waals surface area contributed by atoms with E-state index < -0.39 is 0 Å². The average Bonchev–Trinajstić information content (AvgIpc) is 2.68. The minimum atomic E-state index is -0.338. The molecule has 0 bridgehead atoms. The number of benzene rings is 2. The van der Waals surface area contributed by atoms with Gasteiger partial charge in [-0.15, -0.1) is 0 Å². The Morgan fingerprint density at radius 2 is 1.70 bits per heavy atom. The van der Waals surface area contributed by atoms with E-state index in [1.807, 2.05) is 55.5 Å². The van der Waals surface area contributed by atoms with Crippen molar-refractivity contribution in [3.8, 4) is 5.75 Å². The van der Waals surface area contributed by atoms with Gasteiger partial charge in [0, 0.05) is 26.2 Å². The number of rotatable bonds is 4. The van der Waals surface area contributed by atoms with Crippen LogP contribution < -0.4 is 9.64 Å². The van der Waals surface area contributed by atoms with Gasteiger partial charge in [0.25, 0.3) is 0 Å². The molecule has 2 amide bonds. The molecule has 1 fully saturated rings. The van der Waals surface area contributed by atoms with E-state index in [0.717, 1.165) is 22.6 Å². The van der Waals surface area contributed by atoms with Gasteiger partial charge in [0.15, 0.2) is 0 Å². The smallest absolute Gasteiger partial charge is 0.227 e. The standard InChI is InChI=1S/C22H26N2O3/c1-15-5-9-17(10-6-15)24-20(25)14-13-19(22(26)23(2)3)21(24)16-7-11-18(27-4)12-8-16/h5-12,19,21H,13-14H2,1-4H3. The van der Waals surface area contributed by atoms with Gasteiger partial charge in [0.1, 0.15) is 5.75 Å². The highest BCUT2D eigenvalue weighted by Crippen LogP contribution is 2.41. The highest BCUT2D eigenvalue weighted by molar-refractivity contribution is 5.97. The molecule has 0 spiro atoms. The van der Waals surface area contributed by atoms with Crippen molar-refractivity contribution in [2.45, 2.75) is 25.8 Å². The number of hydrogen-bond acceptors (Lipinski definition) is 3. The molecule has 2 unspecified atom stereocenters. The van der Waals surface area contributed by atoms with Gasteiger partial charge in [-0.2, -0.15) is 0 Å². The van der Waals surface area contributed by atoms with E-state index in [-0.39, 0.29) is 23.8 Å². The minimum absolute atomic E-state index is 0.0421. The molecule has 0 radical (unpaired) electrons. The van der Waals surface area contributed by atoms with Gasteiger partial charge >= 0.3 is 0 Å². The topological polar surface area (TPSA) is 49.9 Å². The minimum Gasteiger partial charge on any atom is -0.497 e. The molecule has 3 rings (SSSR count). The van der Waals surface area contributed by atoms with E-state index in [1.54, 1.807) is 31.0 Å². The number of anilines is 1. The van der Waals surface area contributed by atoms with Gasteiger partial charge < -0.3 is 14.5 Å². The summed E-state index contributed by atoms with van der Waals surface area (Å²) in [6.07, 6.45) is 0.916. The highest BCUT2D eigenvalue weighted by atomic mass is 16.5. The number of carbonyl (C=O) groups is 2. The lowest BCUT2D eigenvalue weighted by Gasteiger charge is -2.41. The molecule has 142 valence electrons. The molecule has 2 aromatic rings. The Morgan fingerprint density at radius 1 is 1.07 bits per heavy atom. The molecule has 0 aromatic heterocycles. The third-order valence-corrected chi connectivity index (χ3v) is 5.12. The van der Waals surface area contributed by atoms with Crippen LogP contribution >= 0.6 is 0 Å². The van der Waals surface area contributed by atoms with Gasteiger partial charge in [-0.3, -0.25) is 9.59 Å². The maximum atomic E-state index is 12.9. The van der Waals surface area contributed by atoms with Crippen molar-refractivity contribution in [2.24, 2.45) is 5.92 Å². The second-order valence-corrected chi connectivity index (χ2v) is 7.20. The molecule has 2 aromatic carbocycles. The predicted molar refractivity (Wildman–Crippen MR) is 106 cm³/mol. The maximum absolute atomic E-state index is 12.9. The summed E-state index contributed by atoms with van der Waals surface area (Å²) in [7, 11) is 5.15. The van der Waals surface area contributed by atoms with E-state index in [2.05, 4.69) is 0 Å². The second kappa shape index (κ2) is 7.82. The van der Waals surface area contributed by atoms with Crippen LogP contribution in [0, 0.1) is 12.8 Å². The van der Waals surface area contributed by atoms with Crippen molar-refractivity contribution in [3.05, 3.63) is 59.7 Å². The summed E-state index contributed by atoms with van der Waals surface area (Å²) in [5.41, 5.74) is 2.89. The first-order valence-electron chi connectivity index (χ1n) is 9.16. The van der Waals surface area contributed by atoms with E-state index in [1.165, 1.54) is 0 Å².